The van der Waals surface area contributed by atoms with Crippen molar-refractivity contribution in [3.8, 4) is 0 Å². The van der Waals surface area contributed by atoms with Crippen molar-refractivity contribution in [3.05, 3.63) is 0 Å². The minimum Gasteiger partial charge on any atom is -0.324 e. The van der Waals surface area contributed by atoms with Crippen LogP contribution in [0.4, 0.5) is 0 Å². The highest BCUT2D eigenvalue weighted by molar-refractivity contribution is 5.83. The van der Waals surface area contributed by atoms with Gasteiger partial charge in [-0.1, -0.05) is 12.8 Å². The highest BCUT2D eigenvalue weighted by Gasteiger charge is 2.40. The van der Waals surface area contributed by atoms with E-state index in [2.05, 4.69) is 29.2 Å². The summed E-state index contributed by atoms with van der Waals surface area (Å²) in [6, 6.07) is 0.00256. The average molecular weight is 239 g/mol. The summed E-state index contributed by atoms with van der Waals surface area (Å²) in [6.07, 6.45) is 5.49. The number of amides is 1. The quantitative estimate of drug-likeness (QED) is 0.791. The normalized spacial score (nSPS) is 30.8. The number of hydrogen-bond donors (Lipinski definition) is 1. The van der Waals surface area contributed by atoms with E-state index in [1.807, 2.05) is 6.92 Å². The van der Waals surface area contributed by atoms with E-state index in [0.717, 1.165) is 13.1 Å². The van der Waals surface area contributed by atoms with Gasteiger partial charge in [0, 0.05) is 13.1 Å². The first kappa shape index (κ1) is 12.8. The Kier molecular flexibility index (Phi) is 4.05. The second-order valence-corrected chi connectivity index (χ2v) is 5.71. The molecule has 1 N–H and O–H groups in total. The molecular weight excluding hydrogens is 214 g/mol. The SMILES string of the molecule is CC1NC(C2CCCC2)N(CCN(C)C)C1=O. The Hall–Kier alpha value is -0.610. The van der Waals surface area contributed by atoms with Crippen LogP contribution in [-0.4, -0.2) is 55.1 Å². The Labute approximate surface area is 104 Å². The Bertz CT molecular complexity index is 274. The number of likely N-dealkylation sites (N-methyl/N-ethyl adjacent to an activating group) is 1. The molecule has 1 saturated carbocycles. The molecule has 0 aromatic rings. The largest absolute Gasteiger partial charge is 0.324 e. The lowest BCUT2D eigenvalue weighted by atomic mass is 10.0. The second kappa shape index (κ2) is 5.36. The second-order valence-electron chi connectivity index (χ2n) is 5.71. The van der Waals surface area contributed by atoms with E-state index in [-0.39, 0.29) is 11.9 Å². The predicted molar refractivity (Wildman–Crippen MR) is 68.6 cm³/mol. The van der Waals surface area contributed by atoms with Crippen LogP contribution in [0, 0.1) is 5.92 Å². The third kappa shape index (κ3) is 2.80. The molecule has 1 amide bonds. The molecule has 2 fully saturated rings. The summed E-state index contributed by atoms with van der Waals surface area (Å²) < 4.78 is 0. The molecule has 0 radical (unpaired) electrons. The van der Waals surface area contributed by atoms with Crippen molar-refractivity contribution < 1.29 is 4.79 Å². The van der Waals surface area contributed by atoms with Gasteiger partial charge < -0.3 is 9.80 Å². The first-order chi connectivity index (χ1) is 8.09. The van der Waals surface area contributed by atoms with Gasteiger partial charge >= 0.3 is 0 Å². The van der Waals surface area contributed by atoms with Crippen molar-refractivity contribution in [2.45, 2.75) is 44.8 Å². The van der Waals surface area contributed by atoms with Gasteiger partial charge in [0.2, 0.25) is 5.91 Å². The van der Waals surface area contributed by atoms with Crippen LogP contribution in [-0.2, 0) is 4.79 Å². The number of carbonyl (C=O) groups is 1. The number of nitrogens with zero attached hydrogens (tertiary/aromatic N) is 2. The Balaban J connectivity index is 1.99. The van der Waals surface area contributed by atoms with Gasteiger partial charge in [0.05, 0.1) is 12.2 Å². The highest BCUT2D eigenvalue weighted by Crippen LogP contribution is 2.31. The van der Waals surface area contributed by atoms with Crippen LogP contribution in [0.25, 0.3) is 0 Å². The molecule has 2 unspecified atom stereocenters. The first-order valence-electron chi connectivity index (χ1n) is 6.81. The van der Waals surface area contributed by atoms with Gasteiger partial charge in [0.15, 0.2) is 0 Å². The molecule has 17 heavy (non-hydrogen) atoms. The minimum absolute atomic E-state index is 0.00256. The predicted octanol–water partition coefficient (Wildman–Crippen LogP) is 0.885. The van der Waals surface area contributed by atoms with Crippen molar-refractivity contribution >= 4 is 5.91 Å². The molecule has 0 bridgehead atoms. The van der Waals surface area contributed by atoms with E-state index >= 15 is 0 Å². The molecule has 2 atom stereocenters. The Morgan fingerprint density at radius 3 is 2.59 bits per heavy atom. The van der Waals surface area contributed by atoms with Crippen LogP contribution in [0.3, 0.4) is 0 Å². The zero-order chi connectivity index (χ0) is 12.4. The lowest BCUT2D eigenvalue weighted by Gasteiger charge is -2.29. The third-order valence-corrected chi connectivity index (χ3v) is 4.04. The van der Waals surface area contributed by atoms with Crippen LogP contribution in [0.5, 0.6) is 0 Å². The van der Waals surface area contributed by atoms with Gasteiger partial charge in [0.1, 0.15) is 0 Å². The van der Waals surface area contributed by atoms with Crippen LogP contribution in [0.2, 0.25) is 0 Å². The summed E-state index contributed by atoms with van der Waals surface area (Å²) in [7, 11) is 4.12. The molecule has 2 rings (SSSR count). The van der Waals surface area contributed by atoms with Crippen molar-refractivity contribution in [2.24, 2.45) is 5.92 Å². The molecule has 0 aromatic heterocycles. The molecule has 0 spiro atoms. The van der Waals surface area contributed by atoms with Gasteiger partial charge in [-0.15, -0.1) is 0 Å². The lowest BCUT2D eigenvalue weighted by Crippen LogP contribution is -2.45. The van der Waals surface area contributed by atoms with Crippen LogP contribution >= 0.6 is 0 Å². The van der Waals surface area contributed by atoms with Gasteiger partial charge in [-0.25, -0.2) is 0 Å². The Morgan fingerprint density at radius 1 is 1.35 bits per heavy atom. The number of rotatable bonds is 4. The van der Waals surface area contributed by atoms with Crippen molar-refractivity contribution in [3.63, 3.8) is 0 Å². The lowest BCUT2D eigenvalue weighted by molar-refractivity contribution is -0.130. The molecule has 2 aliphatic rings. The standard InChI is InChI=1S/C13H25N3O/c1-10-13(17)16(9-8-15(2)3)12(14-10)11-6-4-5-7-11/h10-12,14H,4-9H2,1-3H3. The van der Waals surface area contributed by atoms with E-state index in [9.17, 15) is 4.79 Å². The number of nitrogens with one attached hydrogen (secondary N) is 1. The van der Waals surface area contributed by atoms with Crippen LogP contribution < -0.4 is 5.32 Å². The Morgan fingerprint density at radius 2 is 2.00 bits per heavy atom. The van der Waals surface area contributed by atoms with Crippen molar-refractivity contribution in [1.29, 1.82) is 0 Å². The molecule has 1 aliphatic heterocycles. The minimum atomic E-state index is 0.00256. The zero-order valence-corrected chi connectivity index (χ0v) is 11.3. The summed E-state index contributed by atoms with van der Waals surface area (Å²) in [5.41, 5.74) is 0. The molecule has 1 heterocycles. The van der Waals surface area contributed by atoms with Crippen LogP contribution in [0.15, 0.2) is 0 Å². The van der Waals surface area contributed by atoms with E-state index < -0.39 is 0 Å². The fourth-order valence-corrected chi connectivity index (χ4v) is 3.02. The molecule has 98 valence electrons. The molecule has 1 aliphatic carbocycles. The number of hydrogen-bond acceptors (Lipinski definition) is 3. The highest BCUT2D eigenvalue weighted by atomic mass is 16.2. The fraction of sp³-hybridized carbons (Fsp3) is 0.923. The van der Waals surface area contributed by atoms with Gasteiger partial charge in [-0.05, 0) is 39.8 Å². The summed E-state index contributed by atoms with van der Waals surface area (Å²) in [5.74, 6) is 0.954. The summed E-state index contributed by atoms with van der Waals surface area (Å²) in [5, 5.41) is 3.48. The fourth-order valence-electron chi connectivity index (χ4n) is 3.02. The van der Waals surface area contributed by atoms with Crippen LogP contribution in [0.1, 0.15) is 32.6 Å². The average Bonchev–Trinajstić information content (AvgIpc) is 2.87. The van der Waals surface area contributed by atoms with Gasteiger partial charge in [-0.2, -0.15) is 0 Å². The third-order valence-electron chi connectivity index (χ3n) is 4.04. The van der Waals surface area contributed by atoms with E-state index in [1.165, 1.54) is 25.7 Å². The van der Waals surface area contributed by atoms with Gasteiger partial charge in [0.25, 0.3) is 0 Å². The van der Waals surface area contributed by atoms with E-state index in [0.29, 0.717) is 12.1 Å². The first-order valence-corrected chi connectivity index (χ1v) is 6.81. The molecular formula is C13H25N3O. The van der Waals surface area contributed by atoms with Gasteiger partial charge in [-0.3, -0.25) is 10.1 Å². The molecule has 4 nitrogen and oxygen atoms in total. The van der Waals surface area contributed by atoms with E-state index in [4.69, 9.17) is 0 Å². The van der Waals surface area contributed by atoms with Crippen molar-refractivity contribution in [1.82, 2.24) is 15.1 Å². The monoisotopic (exact) mass is 239 g/mol. The summed E-state index contributed by atoms with van der Waals surface area (Å²) in [4.78, 5) is 16.3. The van der Waals surface area contributed by atoms with E-state index in [1.54, 1.807) is 0 Å². The summed E-state index contributed by atoms with van der Waals surface area (Å²) >= 11 is 0. The molecule has 4 heteroatoms. The topological polar surface area (TPSA) is 35.6 Å². The molecule has 0 aromatic carbocycles. The maximum Gasteiger partial charge on any atom is 0.240 e. The maximum atomic E-state index is 12.1. The smallest absolute Gasteiger partial charge is 0.240 e. The maximum absolute atomic E-state index is 12.1. The number of carbonyl (C=O) groups excluding carboxylic acids is 1. The van der Waals surface area contributed by atoms with Crippen molar-refractivity contribution in [2.75, 3.05) is 27.2 Å². The molecule has 1 saturated heterocycles. The summed E-state index contributed by atoms with van der Waals surface area (Å²) in [6.45, 7) is 3.79. The zero-order valence-electron chi connectivity index (χ0n) is 11.3.